The second-order valence-electron chi connectivity index (χ2n) is 2.80. The van der Waals surface area contributed by atoms with E-state index in [1.54, 1.807) is 13.0 Å². The Balaban J connectivity index is 1.99. The third-order valence-corrected chi connectivity index (χ3v) is 1.70. The number of carbonyl (C=O) groups excluding carboxylic acids is 1. The van der Waals surface area contributed by atoms with E-state index in [1.165, 1.54) is 6.08 Å². The zero-order valence-electron chi connectivity index (χ0n) is 7.79. The first-order valence-corrected chi connectivity index (χ1v) is 4.47. The molecule has 0 unspecified atom stereocenters. The summed E-state index contributed by atoms with van der Waals surface area (Å²) in [5.74, 6) is -0.283. The molecule has 0 aliphatic carbocycles. The van der Waals surface area contributed by atoms with Gasteiger partial charge in [0.2, 0.25) is 0 Å². The van der Waals surface area contributed by atoms with Crippen molar-refractivity contribution in [2.75, 3.05) is 26.4 Å². The molecule has 1 N–H and O–H groups in total. The van der Waals surface area contributed by atoms with Gasteiger partial charge in [-0.25, -0.2) is 4.79 Å². The van der Waals surface area contributed by atoms with Crippen molar-refractivity contribution in [1.29, 1.82) is 0 Å². The molecule has 0 saturated carbocycles. The van der Waals surface area contributed by atoms with Crippen LogP contribution in [0.25, 0.3) is 0 Å². The molecule has 0 aromatic carbocycles. The summed E-state index contributed by atoms with van der Waals surface area (Å²) in [6.07, 6.45) is 3.20. The monoisotopic (exact) mass is 185 g/mol. The quantitative estimate of drug-likeness (QED) is 0.487. The molecule has 0 radical (unpaired) electrons. The summed E-state index contributed by atoms with van der Waals surface area (Å²) in [5, 5.41) is 3.20. The summed E-state index contributed by atoms with van der Waals surface area (Å²) in [4.78, 5) is 10.8. The predicted octanol–water partition coefficient (Wildman–Crippen LogP) is 0.0941. The number of hydrogen-bond donors (Lipinski definition) is 1. The SMILES string of the molecule is CCOC(=O)/C=C/CNC1COC1. The molecule has 0 aromatic heterocycles. The normalized spacial score (nSPS) is 17.3. The number of carbonyl (C=O) groups is 1. The largest absolute Gasteiger partial charge is 0.463 e. The van der Waals surface area contributed by atoms with E-state index in [4.69, 9.17) is 9.47 Å². The van der Waals surface area contributed by atoms with Crippen molar-refractivity contribution in [2.24, 2.45) is 0 Å². The van der Waals surface area contributed by atoms with Gasteiger partial charge in [0.1, 0.15) is 0 Å². The van der Waals surface area contributed by atoms with Crippen molar-refractivity contribution in [1.82, 2.24) is 5.32 Å². The van der Waals surface area contributed by atoms with E-state index >= 15 is 0 Å². The van der Waals surface area contributed by atoms with Gasteiger partial charge in [0.05, 0.1) is 25.9 Å². The zero-order chi connectivity index (χ0) is 9.52. The third-order valence-electron chi connectivity index (χ3n) is 1.70. The fourth-order valence-electron chi connectivity index (χ4n) is 0.934. The highest BCUT2D eigenvalue weighted by Gasteiger charge is 2.15. The molecular formula is C9H15NO3. The average Bonchev–Trinajstić information content (AvgIpc) is 2.01. The van der Waals surface area contributed by atoms with Crippen LogP contribution in [0.1, 0.15) is 6.92 Å². The Labute approximate surface area is 77.9 Å². The average molecular weight is 185 g/mol. The van der Waals surface area contributed by atoms with Crippen LogP contribution in [0.2, 0.25) is 0 Å². The summed E-state index contributed by atoms with van der Waals surface area (Å²) >= 11 is 0. The van der Waals surface area contributed by atoms with Crippen LogP contribution in [0.3, 0.4) is 0 Å². The van der Waals surface area contributed by atoms with Crippen LogP contribution >= 0.6 is 0 Å². The van der Waals surface area contributed by atoms with Crippen molar-refractivity contribution in [3.63, 3.8) is 0 Å². The van der Waals surface area contributed by atoms with Gasteiger partial charge in [-0.1, -0.05) is 6.08 Å². The first-order valence-electron chi connectivity index (χ1n) is 4.47. The molecule has 1 fully saturated rings. The zero-order valence-corrected chi connectivity index (χ0v) is 7.79. The van der Waals surface area contributed by atoms with Gasteiger partial charge in [-0.05, 0) is 6.92 Å². The van der Waals surface area contributed by atoms with Gasteiger partial charge in [-0.3, -0.25) is 0 Å². The summed E-state index contributed by atoms with van der Waals surface area (Å²) in [5.41, 5.74) is 0. The van der Waals surface area contributed by atoms with Gasteiger partial charge in [-0.15, -0.1) is 0 Å². The van der Waals surface area contributed by atoms with Crippen LogP contribution in [-0.2, 0) is 14.3 Å². The second-order valence-corrected chi connectivity index (χ2v) is 2.80. The minimum atomic E-state index is -0.283. The molecule has 1 saturated heterocycles. The molecule has 0 spiro atoms. The van der Waals surface area contributed by atoms with Gasteiger partial charge < -0.3 is 14.8 Å². The molecule has 1 aliphatic heterocycles. The van der Waals surface area contributed by atoms with Crippen LogP contribution in [0.4, 0.5) is 0 Å². The number of rotatable bonds is 5. The van der Waals surface area contributed by atoms with Crippen LogP contribution in [0.15, 0.2) is 12.2 Å². The molecule has 1 aliphatic rings. The minimum absolute atomic E-state index is 0.283. The van der Waals surface area contributed by atoms with Crippen molar-refractivity contribution in [2.45, 2.75) is 13.0 Å². The maximum Gasteiger partial charge on any atom is 0.330 e. The van der Waals surface area contributed by atoms with Crippen LogP contribution in [0.5, 0.6) is 0 Å². The van der Waals surface area contributed by atoms with Gasteiger partial charge >= 0.3 is 5.97 Å². The van der Waals surface area contributed by atoms with Gasteiger partial charge in [0.15, 0.2) is 0 Å². The molecule has 13 heavy (non-hydrogen) atoms. The number of nitrogens with one attached hydrogen (secondary N) is 1. The Morgan fingerprint density at radius 3 is 3.00 bits per heavy atom. The summed E-state index contributed by atoms with van der Waals surface area (Å²) in [6.45, 7) is 4.44. The summed E-state index contributed by atoms with van der Waals surface area (Å²) in [7, 11) is 0. The van der Waals surface area contributed by atoms with Gasteiger partial charge in [0.25, 0.3) is 0 Å². The Morgan fingerprint density at radius 1 is 1.69 bits per heavy atom. The van der Waals surface area contributed by atoms with E-state index in [2.05, 4.69) is 5.32 Å². The fourth-order valence-corrected chi connectivity index (χ4v) is 0.934. The third kappa shape index (κ3) is 4.05. The summed E-state index contributed by atoms with van der Waals surface area (Å²) in [6, 6.07) is 0.451. The molecule has 0 amide bonds. The molecule has 1 heterocycles. The highest BCUT2D eigenvalue weighted by Crippen LogP contribution is 1.98. The Bertz CT molecular complexity index is 187. The number of hydrogen-bond acceptors (Lipinski definition) is 4. The van der Waals surface area contributed by atoms with E-state index in [0.29, 0.717) is 19.2 Å². The standard InChI is InChI=1S/C9H15NO3/c1-2-13-9(11)4-3-5-10-8-6-12-7-8/h3-4,8,10H,2,5-7H2,1H3/b4-3+. The molecule has 4 nitrogen and oxygen atoms in total. The molecule has 0 atom stereocenters. The lowest BCUT2D eigenvalue weighted by atomic mass is 10.2. The number of esters is 1. The van der Waals surface area contributed by atoms with Crippen LogP contribution in [0, 0.1) is 0 Å². The highest BCUT2D eigenvalue weighted by molar-refractivity contribution is 5.81. The lowest BCUT2D eigenvalue weighted by Gasteiger charge is -2.26. The fraction of sp³-hybridized carbons (Fsp3) is 0.667. The van der Waals surface area contributed by atoms with E-state index in [-0.39, 0.29) is 5.97 Å². The maximum atomic E-state index is 10.8. The van der Waals surface area contributed by atoms with E-state index in [9.17, 15) is 4.79 Å². The van der Waals surface area contributed by atoms with Crippen LogP contribution in [-0.4, -0.2) is 38.4 Å². The Morgan fingerprint density at radius 2 is 2.46 bits per heavy atom. The molecule has 4 heteroatoms. The first kappa shape index (κ1) is 10.2. The van der Waals surface area contributed by atoms with Crippen LogP contribution < -0.4 is 5.32 Å². The molecule has 0 bridgehead atoms. The van der Waals surface area contributed by atoms with Gasteiger partial charge in [-0.2, -0.15) is 0 Å². The topological polar surface area (TPSA) is 47.6 Å². The molecular weight excluding hydrogens is 170 g/mol. The Hall–Kier alpha value is -0.870. The first-order chi connectivity index (χ1) is 6.33. The molecule has 0 aromatic rings. The molecule has 74 valence electrons. The lowest BCUT2D eigenvalue weighted by molar-refractivity contribution is -0.137. The van der Waals surface area contributed by atoms with E-state index < -0.39 is 0 Å². The van der Waals surface area contributed by atoms with E-state index in [1.807, 2.05) is 0 Å². The minimum Gasteiger partial charge on any atom is -0.463 e. The van der Waals surface area contributed by atoms with Gasteiger partial charge in [0, 0.05) is 12.6 Å². The predicted molar refractivity (Wildman–Crippen MR) is 48.4 cm³/mol. The molecule has 1 rings (SSSR count). The lowest BCUT2D eigenvalue weighted by Crippen LogP contribution is -2.45. The van der Waals surface area contributed by atoms with Crippen molar-refractivity contribution in [3.05, 3.63) is 12.2 Å². The van der Waals surface area contributed by atoms with Crippen molar-refractivity contribution in [3.8, 4) is 0 Å². The van der Waals surface area contributed by atoms with E-state index in [0.717, 1.165) is 13.2 Å². The maximum absolute atomic E-state index is 10.8. The smallest absolute Gasteiger partial charge is 0.330 e. The van der Waals surface area contributed by atoms with Crippen molar-refractivity contribution >= 4 is 5.97 Å². The van der Waals surface area contributed by atoms with Crippen molar-refractivity contribution < 1.29 is 14.3 Å². The highest BCUT2D eigenvalue weighted by atomic mass is 16.5. The Kier molecular flexibility index (Phi) is 4.49. The number of ether oxygens (including phenoxy) is 2. The summed E-state index contributed by atoms with van der Waals surface area (Å²) < 4.78 is 9.68. The second kappa shape index (κ2) is 5.72.